The number of hydrogen-bond donors (Lipinski definition) is 1. The van der Waals surface area contributed by atoms with Crippen molar-refractivity contribution < 1.29 is 9.59 Å². The predicted molar refractivity (Wildman–Crippen MR) is 93.5 cm³/mol. The first-order chi connectivity index (χ1) is 11.6. The number of aryl methyl sites for hydroxylation is 1. The Morgan fingerprint density at radius 3 is 2.58 bits per heavy atom. The minimum atomic E-state index is -0.0515. The number of nitrogens with zero attached hydrogens (tertiary/aromatic N) is 2. The van der Waals surface area contributed by atoms with Crippen molar-refractivity contribution in [1.82, 2.24) is 15.1 Å². The number of carbonyl (C=O) groups is 2. The quantitative estimate of drug-likeness (QED) is 0.916. The molecule has 1 aromatic rings. The molecule has 2 amide bonds. The van der Waals surface area contributed by atoms with Gasteiger partial charge in [-0.15, -0.1) is 0 Å². The van der Waals surface area contributed by atoms with Crippen LogP contribution in [0, 0.1) is 5.92 Å². The summed E-state index contributed by atoms with van der Waals surface area (Å²) in [6.45, 7) is 7.35. The molecule has 0 saturated carbocycles. The molecule has 1 N–H and O–H groups in total. The van der Waals surface area contributed by atoms with Gasteiger partial charge in [-0.2, -0.15) is 0 Å². The van der Waals surface area contributed by atoms with Gasteiger partial charge in [-0.05, 0) is 24.0 Å². The van der Waals surface area contributed by atoms with Gasteiger partial charge >= 0.3 is 0 Å². The average Bonchev–Trinajstić information content (AvgIpc) is 3.12. The fourth-order valence-electron chi connectivity index (χ4n) is 3.72. The van der Waals surface area contributed by atoms with Gasteiger partial charge in [0.1, 0.15) is 0 Å². The van der Waals surface area contributed by atoms with Crippen LogP contribution < -0.4 is 5.32 Å². The zero-order chi connectivity index (χ0) is 17.1. The second kappa shape index (κ2) is 7.34. The molecule has 0 spiro atoms. The first-order valence-corrected chi connectivity index (χ1v) is 8.95. The summed E-state index contributed by atoms with van der Waals surface area (Å²) >= 11 is 0. The van der Waals surface area contributed by atoms with Gasteiger partial charge < -0.3 is 15.1 Å². The predicted octanol–water partition coefficient (Wildman–Crippen LogP) is 1.59. The number of rotatable bonds is 3. The Balaban J connectivity index is 1.74. The van der Waals surface area contributed by atoms with Gasteiger partial charge in [-0.3, -0.25) is 9.59 Å². The molecule has 130 valence electrons. The van der Waals surface area contributed by atoms with E-state index < -0.39 is 0 Å². The molecule has 1 aromatic carbocycles. The lowest BCUT2D eigenvalue weighted by Gasteiger charge is -2.38. The smallest absolute Gasteiger partial charge is 0.228 e. The molecule has 0 aromatic heterocycles. The van der Waals surface area contributed by atoms with Crippen LogP contribution in [0.2, 0.25) is 0 Å². The summed E-state index contributed by atoms with van der Waals surface area (Å²) < 4.78 is 0. The second-order valence-corrected chi connectivity index (χ2v) is 6.80. The van der Waals surface area contributed by atoms with Gasteiger partial charge in [0.25, 0.3) is 0 Å². The van der Waals surface area contributed by atoms with E-state index in [4.69, 9.17) is 0 Å². The van der Waals surface area contributed by atoms with E-state index in [1.807, 2.05) is 4.90 Å². The lowest BCUT2D eigenvalue weighted by atomic mass is 9.98. The Hall–Kier alpha value is -1.88. The summed E-state index contributed by atoms with van der Waals surface area (Å²) in [6.07, 6.45) is 1.80. The van der Waals surface area contributed by atoms with Crippen molar-refractivity contribution in [2.24, 2.45) is 5.92 Å². The van der Waals surface area contributed by atoms with E-state index in [2.05, 4.69) is 36.5 Å². The van der Waals surface area contributed by atoms with Crippen molar-refractivity contribution >= 4 is 11.8 Å². The number of piperazine rings is 1. The van der Waals surface area contributed by atoms with Crippen LogP contribution >= 0.6 is 0 Å². The zero-order valence-corrected chi connectivity index (χ0v) is 14.6. The topological polar surface area (TPSA) is 52.7 Å². The summed E-state index contributed by atoms with van der Waals surface area (Å²) in [6, 6.07) is 8.68. The number of benzene rings is 1. The highest BCUT2D eigenvalue weighted by molar-refractivity contribution is 5.82. The van der Waals surface area contributed by atoms with Gasteiger partial charge in [0.05, 0.1) is 12.0 Å². The second-order valence-electron chi connectivity index (χ2n) is 6.80. The van der Waals surface area contributed by atoms with E-state index in [0.717, 1.165) is 32.5 Å². The molecule has 5 nitrogen and oxygen atoms in total. The zero-order valence-electron chi connectivity index (χ0n) is 14.6. The third kappa shape index (κ3) is 3.46. The molecule has 3 rings (SSSR count). The van der Waals surface area contributed by atoms with Crippen LogP contribution in [0.25, 0.3) is 0 Å². The van der Waals surface area contributed by atoms with Crippen molar-refractivity contribution in [2.45, 2.75) is 32.7 Å². The van der Waals surface area contributed by atoms with Crippen molar-refractivity contribution in [2.75, 3.05) is 32.7 Å². The lowest BCUT2D eigenvalue weighted by Crippen LogP contribution is -2.50. The van der Waals surface area contributed by atoms with Crippen LogP contribution in [0.5, 0.6) is 0 Å². The van der Waals surface area contributed by atoms with Gasteiger partial charge in [0.2, 0.25) is 11.8 Å². The van der Waals surface area contributed by atoms with E-state index in [-0.39, 0.29) is 23.8 Å². The maximum Gasteiger partial charge on any atom is 0.228 e. The molecule has 2 aliphatic rings. The van der Waals surface area contributed by atoms with E-state index in [1.54, 1.807) is 11.8 Å². The number of hydrogen-bond acceptors (Lipinski definition) is 3. The summed E-state index contributed by atoms with van der Waals surface area (Å²) in [4.78, 5) is 28.4. The van der Waals surface area contributed by atoms with E-state index >= 15 is 0 Å². The summed E-state index contributed by atoms with van der Waals surface area (Å²) in [5, 5.41) is 3.41. The Kier molecular flexibility index (Phi) is 5.19. The number of likely N-dealkylation sites (tertiary alicyclic amines) is 1. The minimum absolute atomic E-state index is 0.0515. The standard InChI is InChI=1S/C19H27N3O2/c1-3-15-4-6-16(7-5-15)18-12-20-9-11-22(18)19(24)17-8-10-21(13-17)14(2)23/h4-7,17-18,20H,3,8-13H2,1-2H3. The third-order valence-corrected chi connectivity index (χ3v) is 5.28. The first-order valence-electron chi connectivity index (χ1n) is 8.95. The Morgan fingerprint density at radius 1 is 1.21 bits per heavy atom. The molecular weight excluding hydrogens is 302 g/mol. The van der Waals surface area contributed by atoms with Crippen LogP contribution in [0.4, 0.5) is 0 Å². The molecule has 24 heavy (non-hydrogen) atoms. The molecule has 5 heteroatoms. The Labute approximate surface area is 144 Å². The lowest BCUT2D eigenvalue weighted by molar-refractivity contribution is -0.138. The van der Waals surface area contributed by atoms with Gasteiger partial charge in [-0.1, -0.05) is 31.2 Å². The summed E-state index contributed by atoms with van der Waals surface area (Å²) in [7, 11) is 0. The van der Waals surface area contributed by atoms with Crippen molar-refractivity contribution in [1.29, 1.82) is 0 Å². The molecular formula is C19H27N3O2. The molecule has 2 fully saturated rings. The third-order valence-electron chi connectivity index (χ3n) is 5.28. The van der Waals surface area contributed by atoms with Crippen molar-refractivity contribution in [3.63, 3.8) is 0 Å². The van der Waals surface area contributed by atoms with E-state index in [1.165, 1.54) is 11.1 Å². The SMILES string of the molecule is CCc1ccc(C2CNCCN2C(=O)C2CCN(C(C)=O)C2)cc1. The highest BCUT2D eigenvalue weighted by Crippen LogP contribution is 2.27. The molecule has 0 radical (unpaired) electrons. The molecule has 0 aliphatic carbocycles. The molecule has 2 atom stereocenters. The van der Waals surface area contributed by atoms with Crippen LogP contribution in [-0.4, -0.2) is 54.3 Å². The van der Waals surface area contributed by atoms with Crippen molar-refractivity contribution in [3.8, 4) is 0 Å². The maximum atomic E-state index is 13.0. The van der Waals surface area contributed by atoms with Crippen LogP contribution in [0.3, 0.4) is 0 Å². The van der Waals surface area contributed by atoms with E-state index in [9.17, 15) is 9.59 Å². The van der Waals surface area contributed by atoms with Crippen LogP contribution in [0.1, 0.15) is 37.4 Å². The fourth-order valence-corrected chi connectivity index (χ4v) is 3.72. The normalized spacial score (nSPS) is 24.2. The molecule has 2 unspecified atom stereocenters. The molecule has 2 saturated heterocycles. The van der Waals surface area contributed by atoms with Crippen LogP contribution in [-0.2, 0) is 16.0 Å². The van der Waals surface area contributed by atoms with Crippen LogP contribution in [0.15, 0.2) is 24.3 Å². The molecule has 2 aliphatic heterocycles. The van der Waals surface area contributed by atoms with Gasteiger partial charge in [0, 0.05) is 39.6 Å². The highest BCUT2D eigenvalue weighted by Gasteiger charge is 2.36. The molecule has 2 heterocycles. The number of nitrogens with one attached hydrogen (secondary N) is 1. The molecule has 0 bridgehead atoms. The Bertz CT molecular complexity index is 599. The highest BCUT2D eigenvalue weighted by atomic mass is 16.2. The maximum absolute atomic E-state index is 13.0. The fraction of sp³-hybridized carbons (Fsp3) is 0.579. The monoisotopic (exact) mass is 329 g/mol. The number of amides is 2. The van der Waals surface area contributed by atoms with Gasteiger partial charge in [-0.25, -0.2) is 0 Å². The number of carbonyl (C=O) groups excluding carboxylic acids is 2. The largest absolute Gasteiger partial charge is 0.342 e. The van der Waals surface area contributed by atoms with Gasteiger partial charge in [0.15, 0.2) is 0 Å². The van der Waals surface area contributed by atoms with E-state index in [0.29, 0.717) is 13.1 Å². The first kappa shape index (κ1) is 17.0. The Morgan fingerprint density at radius 2 is 1.96 bits per heavy atom. The summed E-state index contributed by atoms with van der Waals surface area (Å²) in [5.41, 5.74) is 2.50. The summed E-state index contributed by atoms with van der Waals surface area (Å²) in [5.74, 6) is 0.214. The van der Waals surface area contributed by atoms with Crippen molar-refractivity contribution in [3.05, 3.63) is 35.4 Å². The minimum Gasteiger partial charge on any atom is -0.342 e. The average molecular weight is 329 g/mol.